The first-order chi connectivity index (χ1) is 10.1. The Morgan fingerprint density at radius 3 is 2.52 bits per heavy atom. The van der Waals surface area contributed by atoms with E-state index in [1.807, 2.05) is 0 Å². The molecule has 0 saturated heterocycles. The molecule has 21 heavy (non-hydrogen) atoms. The summed E-state index contributed by atoms with van der Waals surface area (Å²) >= 11 is 0. The van der Waals surface area contributed by atoms with Crippen LogP contribution in [-0.4, -0.2) is 23.8 Å². The van der Waals surface area contributed by atoms with E-state index >= 15 is 0 Å². The first kappa shape index (κ1) is 15.0. The number of methoxy groups -OCH3 is 1. The molecule has 0 spiro atoms. The van der Waals surface area contributed by atoms with Gasteiger partial charge in [0.05, 0.1) is 0 Å². The molecule has 2 N–H and O–H groups in total. The summed E-state index contributed by atoms with van der Waals surface area (Å²) in [6.07, 6.45) is 8.69. The van der Waals surface area contributed by atoms with E-state index in [0.717, 1.165) is 49.7 Å². The van der Waals surface area contributed by atoms with E-state index in [1.54, 1.807) is 7.11 Å². The lowest BCUT2D eigenvalue weighted by molar-refractivity contribution is -0.0609. The van der Waals surface area contributed by atoms with Crippen LogP contribution in [0.25, 0.3) is 0 Å². The molecule has 0 unspecified atom stereocenters. The molecule has 0 aromatic carbocycles. The number of nitrogens with two attached hydrogens (primary N) is 1. The van der Waals surface area contributed by atoms with Crippen LogP contribution >= 0.6 is 0 Å². The van der Waals surface area contributed by atoms with E-state index < -0.39 is 0 Å². The van der Waals surface area contributed by atoms with Crippen molar-refractivity contribution in [3.8, 4) is 0 Å². The van der Waals surface area contributed by atoms with Gasteiger partial charge >= 0.3 is 0 Å². The van der Waals surface area contributed by atoms with Crippen LogP contribution in [0.5, 0.6) is 0 Å². The molecule has 3 rings (SSSR count). The van der Waals surface area contributed by atoms with Gasteiger partial charge < -0.3 is 15.0 Å². The number of hydrogen-bond donors (Lipinski definition) is 1. The minimum Gasteiger partial charge on any atom is -0.370 e. The van der Waals surface area contributed by atoms with Crippen molar-refractivity contribution in [2.24, 2.45) is 17.1 Å². The van der Waals surface area contributed by atoms with E-state index in [1.165, 1.54) is 19.3 Å². The van der Waals surface area contributed by atoms with E-state index in [2.05, 4.69) is 17.1 Å². The lowest BCUT2D eigenvalue weighted by Gasteiger charge is -2.39. The van der Waals surface area contributed by atoms with Gasteiger partial charge in [-0.15, -0.1) is 0 Å². The molecule has 1 aromatic heterocycles. The van der Waals surface area contributed by atoms with Gasteiger partial charge in [-0.2, -0.15) is 4.98 Å². The topological polar surface area (TPSA) is 74.2 Å². The van der Waals surface area contributed by atoms with Crippen LogP contribution in [-0.2, 0) is 16.8 Å². The zero-order valence-corrected chi connectivity index (χ0v) is 13.2. The minimum atomic E-state index is -0.344. The molecule has 2 aliphatic carbocycles. The van der Waals surface area contributed by atoms with Crippen LogP contribution in [0.15, 0.2) is 4.52 Å². The molecule has 0 bridgehead atoms. The molecule has 5 heteroatoms. The predicted octanol–water partition coefficient (Wildman–Crippen LogP) is 2.79. The largest absolute Gasteiger partial charge is 0.370 e. The Kier molecular flexibility index (Phi) is 4.06. The van der Waals surface area contributed by atoms with Gasteiger partial charge in [0.15, 0.2) is 0 Å². The third-order valence-electron chi connectivity index (χ3n) is 5.72. The zero-order chi connectivity index (χ0) is 14.9. The highest BCUT2D eigenvalue weighted by Crippen LogP contribution is 2.44. The van der Waals surface area contributed by atoms with Crippen molar-refractivity contribution >= 4 is 0 Å². The molecule has 2 aliphatic rings. The van der Waals surface area contributed by atoms with Gasteiger partial charge in [-0.05, 0) is 56.4 Å². The second-order valence-corrected chi connectivity index (χ2v) is 7.13. The molecule has 0 amide bonds. The predicted molar refractivity (Wildman–Crippen MR) is 79.7 cm³/mol. The number of hydrogen-bond acceptors (Lipinski definition) is 5. The fourth-order valence-corrected chi connectivity index (χ4v) is 3.71. The Hall–Kier alpha value is -0.940. The van der Waals surface area contributed by atoms with Crippen molar-refractivity contribution in [1.82, 2.24) is 10.1 Å². The summed E-state index contributed by atoms with van der Waals surface area (Å²) < 4.78 is 11.3. The second-order valence-electron chi connectivity index (χ2n) is 7.13. The quantitative estimate of drug-likeness (QED) is 0.903. The Balaban J connectivity index is 1.74. The Morgan fingerprint density at radius 1 is 1.29 bits per heavy atom. The van der Waals surface area contributed by atoms with Gasteiger partial charge in [-0.25, -0.2) is 0 Å². The minimum absolute atomic E-state index is 0.200. The third kappa shape index (κ3) is 2.73. The van der Waals surface area contributed by atoms with Gasteiger partial charge in [0.2, 0.25) is 11.7 Å². The van der Waals surface area contributed by atoms with Crippen molar-refractivity contribution < 1.29 is 9.26 Å². The standard InChI is InChI=1S/C16H27N3O2/c1-12-4-8-16(20-2,9-5-12)14-18-13(21-19-14)10-15(11-17)6-3-7-15/h12H,3-11,17H2,1-2H3. The maximum absolute atomic E-state index is 5.92. The maximum Gasteiger partial charge on any atom is 0.227 e. The number of rotatable bonds is 5. The van der Waals surface area contributed by atoms with Crippen LogP contribution in [0.3, 0.4) is 0 Å². The molecular weight excluding hydrogens is 266 g/mol. The summed E-state index contributed by atoms with van der Waals surface area (Å²) in [6.45, 7) is 3.00. The Morgan fingerprint density at radius 2 is 2.00 bits per heavy atom. The average Bonchev–Trinajstić information content (AvgIpc) is 2.93. The van der Waals surface area contributed by atoms with Crippen molar-refractivity contribution in [2.45, 2.75) is 63.9 Å². The lowest BCUT2D eigenvalue weighted by Crippen LogP contribution is -2.39. The van der Waals surface area contributed by atoms with E-state index in [9.17, 15) is 0 Å². The summed E-state index contributed by atoms with van der Waals surface area (Å²) in [4.78, 5) is 4.66. The smallest absolute Gasteiger partial charge is 0.227 e. The molecule has 1 aromatic rings. The van der Waals surface area contributed by atoms with Crippen LogP contribution < -0.4 is 5.73 Å². The number of aromatic nitrogens is 2. The lowest BCUT2D eigenvalue weighted by atomic mass is 9.67. The summed E-state index contributed by atoms with van der Waals surface area (Å²) in [5.41, 5.74) is 5.78. The molecular formula is C16H27N3O2. The molecule has 0 aliphatic heterocycles. The summed E-state index contributed by atoms with van der Waals surface area (Å²) in [7, 11) is 1.76. The van der Waals surface area contributed by atoms with E-state index in [0.29, 0.717) is 6.54 Å². The van der Waals surface area contributed by atoms with Crippen molar-refractivity contribution in [3.05, 3.63) is 11.7 Å². The SMILES string of the molecule is COC1(c2noc(CC3(CN)CCC3)n2)CCC(C)CC1. The first-order valence-corrected chi connectivity index (χ1v) is 8.20. The van der Waals surface area contributed by atoms with E-state index in [-0.39, 0.29) is 11.0 Å². The Bertz CT molecular complexity index is 468. The molecule has 2 fully saturated rings. The highest BCUT2D eigenvalue weighted by molar-refractivity contribution is 5.06. The van der Waals surface area contributed by atoms with Crippen LogP contribution in [0, 0.1) is 11.3 Å². The van der Waals surface area contributed by atoms with Gasteiger partial charge in [0, 0.05) is 13.5 Å². The average molecular weight is 293 g/mol. The number of nitrogens with zero attached hydrogens (tertiary/aromatic N) is 2. The maximum atomic E-state index is 5.92. The van der Waals surface area contributed by atoms with Crippen LogP contribution in [0.4, 0.5) is 0 Å². The summed E-state index contributed by atoms with van der Waals surface area (Å²) in [6, 6.07) is 0. The van der Waals surface area contributed by atoms with Crippen LogP contribution in [0.1, 0.15) is 63.6 Å². The Labute approximate surface area is 126 Å². The monoisotopic (exact) mass is 293 g/mol. The first-order valence-electron chi connectivity index (χ1n) is 8.20. The van der Waals surface area contributed by atoms with Crippen molar-refractivity contribution in [2.75, 3.05) is 13.7 Å². The molecule has 2 saturated carbocycles. The summed E-state index contributed by atoms with van der Waals surface area (Å²) in [5.74, 6) is 2.22. The van der Waals surface area contributed by atoms with Gasteiger partial charge in [0.25, 0.3) is 0 Å². The zero-order valence-electron chi connectivity index (χ0n) is 13.2. The molecule has 0 atom stereocenters. The third-order valence-corrected chi connectivity index (χ3v) is 5.72. The fraction of sp³-hybridized carbons (Fsp3) is 0.875. The van der Waals surface area contributed by atoms with Gasteiger partial charge in [-0.1, -0.05) is 18.5 Å². The molecule has 5 nitrogen and oxygen atoms in total. The molecule has 0 radical (unpaired) electrons. The van der Waals surface area contributed by atoms with Crippen LogP contribution in [0.2, 0.25) is 0 Å². The highest BCUT2D eigenvalue weighted by atomic mass is 16.5. The second kappa shape index (κ2) is 5.69. The van der Waals surface area contributed by atoms with Gasteiger partial charge in [0.1, 0.15) is 5.60 Å². The van der Waals surface area contributed by atoms with Gasteiger partial charge in [-0.3, -0.25) is 0 Å². The van der Waals surface area contributed by atoms with Crippen molar-refractivity contribution in [3.63, 3.8) is 0 Å². The van der Waals surface area contributed by atoms with E-state index in [4.69, 9.17) is 15.0 Å². The molecule has 1 heterocycles. The summed E-state index contributed by atoms with van der Waals surface area (Å²) in [5, 5.41) is 4.23. The number of ether oxygens (including phenoxy) is 1. The normalized spacial score (nSPS) is 31.9. The fourth-order valence-electron chi connectivity index (χ4n) is 3.71. The van der Waals surface area contributed by atoms with Crippen molar-refractivity contribution in [1.29, 1.82) is 0 Å². The molecule has 118 valence electrons. The highest BCUT2D eigenvalue weighted by Gasteiger charge is 2.42.